The molecule has 1 fully saturated rings. The number of fused-ring (bicyclic) bond motifs is 1. The van der Waals surface area contributed by atoms with Crippen molar-refractivity contribution in [3.8, 4) is 0 Å². The van der Waals surface area contributed by atoms with E-state index in [1.54, 1.807) is 0 Å². The molecule has 1 unspecified atom stereocenters. The molecule has 0 saturated carbocycles. The number of carbonyl (C=O) groups excluding carboxylic acids is 1. The molecule has 3 rings (SSSR count). The lowest BCUT2D eigenvalue weighted by Crippen LogP contribution is -2.40. The monoisotopic (exact) mass is 271 g/mol. The van der Waals surface area contributed by atoms with Gasteiger partial charge in [-0.2, -0.15) is 0 Å². The molecule has 1 atom stereocenters. The van der Waals surface area contributed by atoms with Crippen molar-refractivity contribution in [3.63, 3.8) is 0 Å². The maximum Gasteiger partial charge on any atom is 0.251 e. The van der Waals surface area contributed by atoms with Gasteiger partial charge in [0, 0.05) is 29.9 Å². The Morgan fingerprint density at radius 3 is 3.20 bits per heavy atom. The van der Waals surface area contributed by atoms with Gasteiger partial charge < -0.3 is 10.3 Å². The second-order valence-corrected chi connectivity index (χ2v) is 5.41. The van der Waals surface area contributed by atoms with Crippen LogP contribution in [-0.4, -0.2) is 41.5 Å². The van der Waals surface area contributed by atoms with Crippen LogP contribution in [0.3, 0.4) is 0 Å². The highest BCUT2D eigenvalue weighted by Gasteiger charge is 2.23. The quantitative estimate of drug-likeness (QED) is 0.897. The summed E-state index contributed by atoms with van der Waals surface area (Å²) in [6.45, 7) is 5.15. The molecule has 0 aliphatic carbocycles. The first kappa shape index (κ1) is 13.2. The van der Waals surface area contributed by atoms with Crippen LogP contribution in [0.15, 0.2) is 30.5 Å². The van der Waals surface area contributed by atoms with E-state index < -0.39 is 0 Å². The third-order valence-corrected chi connectivity index (χ3v) is 4.22. The Kier molecular flexibility index (Phi) is 3.74. The van der Waals surface area contributed by atoms with Crippen molar-refractivity contribution in [2.45, 2.75) is 25.8 Å². The van der Waals surface area contributed by atoms with Gasteiger partial charge in [0.15, 0.2) is 0 Å². The number of nitrogens with one attached hydrogen (secondary N) is 2. The molecule has 1 saturated heterocycles. The van der Waals surface area contributed by atoms with Crippen molar-refractivity contribution in [1.82, 2.24) is 15.2 Å². The number of aromatic amines is 1. The van der Waals surface area contributed by atoms with Gasteiger partial charge in [-0.15, -0.1) is 0 Å². The summed E-state index contributed by atoms with van der Waals surface area (Å²) in [5.74, 6) is 0.0180. The molecular weight excluding hydrogens is 250 g/mol. The van der Waals surface area contributed by atoms with E-state index in [2.05, 4.69) is 22.1 Å². The van der Waals surface area contributed by atoms with E-state index >= 15 is 0 Å². The third-order valence-electron chi connectivity index (χ3n) is 4.22. The molecule has 4 nitrogen and oxygen atoms in total. The highest BCUT2D eigenvalue weighted by molar-refractivity contribution is 5.97. The van der Waals surface area contributed by atoms with Crippen molar-refractivity contribution in [2.75, 3.05) is 19.6 Å². The number of amides is 1. The highest BCUT2D eigenvalue weighted by Crippen LogP contribution is 2.17. The minimum absolute atomic E-state index is 0.0180. The number of rotatable bonds is 4. The number of carbonyl (C=O) groups is 1. The first-order chi connectivity index (χ1) is 9.78. The molecule has 0 spiro atoms. The topological polar surface area (TPSA) is 48.1 Å². The van der Waals surface area contributed by atoms with Crippen LogP contribution in [0.5, 0.6) is 0 Å². The van der Waals surface area contributed by atoms with Crippen LogP contribution in [-0.2, 0) is 0 Å². The van der Waals surface area contributed by atoms with Crippen molar-refractivity contribution in [1.29, 1.82) is 0 Å². The van der Waals surface area contributed by atoms with Crippen LogP contribution in [0.2, 0.25) is 0 Å². The predicted octanol–water partition coefficient (Wildman–Crippen LogP) is 2.38. The number of aromatic nitrogens is 1. The van der Waals surface area contributed by atoms with Gasteiger partial charge >= 0.3 is 0 Å². The predicted molar refractivity (Wildman–Crippen MR) is 80.9 cm³/mol. The summed E-state index contributed by atoms with van der Waals surface area (Å²) in [5.41, 5.74) is 1.73. The van der Waals surface area contributed by atoms with Crippen LogP contribution in [0.4, 0.5) is 0 Å². The summed E-state index contributed by atoms with van der Waals surface area (Å²) >= 11 is 0. The first-order valence-corrected chi connectivity index (χ1v) is 7.37. The minimum atomic E-state index is 0.0180. The minimum Gasteiger partial charge on any atom is -0.361 e. The highest BCUT2D eigenvalue weighted by atomic mass is 16.1. The average molecular weight is 271 g/mol. The van der Waals surface area contributed by atoms with E-state index in [1.165, 1.54) is 12.8 Å². The largest absolute Gasteiger partial charge is 0.361 e. The Hall–Kier alpha value is -1.81. The Morgan fingerprint density at radius 1 is 1.45 bits per heavy atom. The van der Waals surface area contributed by atoms with E-state index in [-0.39, 0.29) is 5.91 Å². The summed E-state index contributed by atoms with van der Waals surface area (Å²) in [7, 11) is 0. The summed E-state index contributed by atoms with van der Waals surface area (Å²) in [5, 5.41) is 4.20. The Balaban J connectivity index is 1.63. The molecule has 2 heterocycles. The van der Waals surface area contributed by atoms with Crippen LogP contribution in [0, 0.1) is 0 Å². The van der Waals surface area contributed by atoms with E-state index in [1.807, 2.05) is 30.5 Å². The van der Waals surface area contributed by atoms with Crippen LogP contribution in [0.25, 0.3) is 10.9 Å². The number of hydrogen-bond acceptors (Lipinski definition) is 2. The van der Waals surface area contributed by atoms with Gasteiger partial charge in [-0.05, 0) is 49.5 Å². The zero-order valence-electron chi connectivity index (χ0n) is 11.9. The van der Waals surface area contributed by atoms with Crippen molar-refractivity contribution < 1.29 is 4.79 Å². The Labute approximate surface area is 119 Å². The fourth-order valence-corrected chi connectivity index (χ4v) is 3.04. The average Bonchev–Trinajstić information content (AvgIpc) is 3.12. The number of benzene rings is 1. The van der Waals surface area contributed by atoms with Gasteiger partial charge in [0.05, 0.1) is 0 Å². The number of nitrogens with zero attached hydrogens (tertiary/aromatic N) is 1. The Bertz CT molecular complexity index is 605. The molecule has 1 aromatic heterocycles. The fraction of sp³-hybridized carbons (Fsp3) is 0.438. The molecule has 2 aromatic rings. The number of likely N-dealkylation sites (tertiary alicyclic amines) is 1. The maximum absolute atomic E-state index is 12.2. The molecule has 20 heavy (non-hydrogen) atoms. The van der Waals surface area contributed by atoms with E-state index in [0.29, 0.717) is 6.04 Å². The van der Waals surface area contributed by atoms with Gasteiger partial charge in [0.2, 0.25) is 0 Å². The second-order valence-electron chi connectivity index (χ2n) is 5.41. The summed E-state index contributed by atoms with van der Waals surface area (Å²) < 4.78 is 0. The van der Waals surface area contributed by atoms with E-state index in [0.717, 1.165) is 36.1 Å². The molecule has 1 aromatic carbocycles. The standard InChI is InChI=1S/C16H21N3O/c1-2-19-9-3-4-14(19)11-18-16(20)13-6-5-12-7-8-17-15(12)10-13/h5-8,10,14,17H,2-4,9,11H2,1H3,(H,18,20). The van der Waals surface area contributed by atoms with Crippen LogP contribution in [0.1, 0.15) is 30.1 Å². The SMILES string of the molecule is CCN1CCCC1CNC(=O)c1ccc2cc[nH]c2c1. The smallest absolute Gasteiger partial charge is 0.251 e. The zero-order chi connectivity index (χ0) is 13.9. The van der Waals surface area contributed by atoms with Crippen molar-refractivity contribution in [3.05, 3.63) is 36.0 Å². The van der Waals surface area contributed by atoms with Gasteiger partial charge in [-0.1, -0.05) is 13.0 Å². The number of hydrogen-bond donors (Lipinski definition) is 2. The Morgan fingerprint density at radius 2 is 2.35 bits per heavy atom. The van der Waals surface area contributed by atoms with Crippen LogP contribution < -0.4 is 5.32 Å². The molecule has 1 aliphatic heterocycles. The molecule has 106 valence electrons. The third kappa shape index (κ3) is 2.56. The lowest BCUT2D eigenvalue weighted by atomic mass is 10.1. The second kappa shape index (κ2) is 5.67. The molecule has 4 heteroatoms. The zero-order valence-corrected chi connectivity index (χ0v) is 11.9. The van der Waals surface area contributed by atoms with Crippen molar-refractivity contribution >= 4 is 16.8 Å². The summed E-state index contributed by atoms with van der Waals surface area (Å²) in [6, 6.07) is 8.29. The maximum atomic E-state index is 12.2. The van der Waals surface area contributed by atoms with Gasteiger partial charge in [0.25, 0.3) is 5.91 Å². The fourth-order valence-electron chi connectivity index (χ4n) is 3.04. The van der Waals surface area contributed by atoms with Gasteiger partial charge in [0.1, 0.15) is 0 Å². The first-order valence-electron chi connectivity index (χ1n) is 7.37. The number of H-pyrrole nitrogens is 1. The van der Waals surface area contributed by atoms with Gasteiger partial charge in [-0.25, -0.2) is 0 Å². The number of likely N-dealkylation sites (N-methyl/N-ethyl adjacent to an activating group) is 1. The molecule has 0 radical (unpaired) electrons. The molecule has 1 aliphatic rings. The van der Waals surface area contributed by atoms with Gasteiger partial charge in [-0.3, -0.25) is 9.69 Å². The normalized spacial score (nSPS) is 19.6. The lowest BCUT2D eigenvalue weighted by Gasteiger charge is -2.22. The van der Waals surface area contributed by atoms with Crippen LogP contribution >= 0.6 is 0 Å². The lowest BCUT2D eigenvalue weighted by molar-refractivity contribution is 0.0941. The van der Waals surface area contributed by atoms with Crippen molar-refractivity contribution in [2.24, 2.45) is 0 Å². The molecule has 1 amide bonds. The molecule has 2 N–H and O–H groups in total. The summed E-state index contributed by atoms with van der Waals surface area (Å²) in [6.07, 6.45) is 4.32. The molecular formula is C16H21N3O. The summed E-state index contributed by atoms with van der Waals surface area (Å²) in [4.78, 5) is 17.8. The van der Waals surface area contributed by atoms with E-state index in [4.69, 9.17) is 0 Å². The van der Waals surface area contributed by atoms with E-state index in [9.17, 15) is 4.79 Å². The molecule has 0 bridgehead atoms.